The fraction of sp³-hybridized carbons (Fsp3) is 0. The summed E-state index contributed by atoms with van der Waals surface area (Å²) < 4.78 is 13.5. The van der Waals surface area contributed by atoms with Gasteiger partial charge in [0.15, 0.2) is 0 Å². The fourth-order valence-electron chi connectivity index (χ4n) is 0.102. The predicted octanol–water partition coefficient (Wildman–Crippen LogP) is 0.806. The van der Waals surface area contributed by atoms with E-state index >= 15 is 0 Å². The van der Waals surface area contributed by atoms with Gasteiger partial charge in [-0.15, -0.1) is 0 Å². The Morgan fingerprint density at radius 2 is 2.12 bits per heavy atom. The Kier molecular flexibility index (Phi) is 3.09. The predicted molar refractivity (Wildman–Crippen MR) is 28.1 cm³/mol. The second-order valence-corrected chi connectivity index (χ2v) is 2.30. The SMILES string of the molecule is O=P(O)(O)OC=CCl. The van der Waals surface area contributed by atoms with Gasteiger partial charge in [0, 0.05) is 5.54 Å². The molecule has 0 aromatic rings. The molecule has 0 radical (unpaired) electrons. The lowest BCUT2D eigenvalue weighted by atomic mass is 11.2. The molecule has 0 aliphatic heterocycles. The Balaban J connectivity index is 3.57. The number of halogens is 1. The maximum Gasteiger partial charge on any atom is 0.524 e. The third kappa shape index (κ3) is 5.98. The van der Waals surface area contributed by atoms with Crippen molar-refractivity contribution in [2.24, 2.45) is 0 Å². The molecular weight excluding hydrogens is 154 g/mol. The summed E-state index contributed by atoms with van der Waals surface area (Å²) >= 11 is 4.86. The Morgan fingerprint density at radius 1 is 1.62 bits per heavy atom. The van der Waals surface area contributed by atoms with Crippen molar-refractivity contribution in [3.05, 3.63) is 11.8 Å². The fourth-order valence-corrected chi connectivity index (χ4v) is 0.445. The Labute approximate surface area is 51.0 Å². The summed E-state index contributed by atoms with van der Waals surface area (Å²) in [7, 11) is -4.35. The van der Waals surface area contributed by atoms with Crippen LogP contribution < -0.4 is 0 Å². The summed E-state index contributed by atoms with van der Waals surface area (Å²) in [4.78, 5) is 15.9. The Bertz CT molecular complexity index is 126. The number of rotatable bonds is 2. The zero-order valence-corrected chi connectivity index (χ0v) is 5.34. The minimum Gasteiger partial charge on any atom is -0.411 e. The zero-order valence-electron chi connectivity index (χ0n) is 3.69. The van der Waals surface area contributed by atoms with Crippen molar-refractivity contribution in [3.63, 3.8) is 0 Å². The highest BCUT2D eigenvalue weighted by Crippen LogP contribution is 2.35. The molecule has 0 heterocycles. The van der Waals surface area contributed by atoms with Gasteiger partial charge in [0.05, 0.1) is 0 Å². The van der Waals surface area contributed by atoms with Crippen molar-refractivity contribution in [1.29, 1.82) is 0 Å². The highest BCUT2D eigenvalue weighted by atomic mass is 35.5. The molecule has 0 aliphatic rings. The topological polar surface area (TPSA) is 66.8 Å². The smallest absolute Gasteiger partial charge is 0.411 e. The highest BCUT2D eigenvalue weighted by Gasteiger charge is 2.10. The molecule has 0 saturated heterocycles. The van der Waals surface area contributed by atoms with E-state index in [2.05, 4.69) is 4.52 Å². The average molecular weight is 158 g/mol. The van der Waals surface area contributed by atoms with Crippen LogP contribution in [0.4, 0.5) is 0 Å². The summed E-state index contributed by atoms with van der Waals surface area (Å²) in [5.74, 6) is 0. The minimum absolute atomic E-state index is 0.711. The third-order valence-electron chi connectivity index (χ3n) is 0.250. The van der Waals surface area contributed by atoms with Crippen LogP contribution in [0.2, 0.25) is 0 Å². The van der Waals surface area contributed by atoms with Crippen LogP contribution in [0.25, 0.3) is 0 Å². The zero-order chi connectivity index (χ0) is 6.62. The summed E-state index contributed by atoms with van der Waals surface area (Å²) in [6, 6.07) is 0. The lowest BCUT2D eigenvalue weighted by Gasteiger charge is -1.97. The number of hydrogen-bond acceptors (Lipinski definition) is 2. The van der Waals surface area contributed by atoms with Crippen LogP contribution >= 0.6 is 19.4 Å². The lowest BCUT2D eigenvalue weighted by molar-refractivity contribution is 0.259. The van der Waals surface area contributed by atoms with Crippen molar-refractivity contribution in [2.45, 2.75) is 0 Å². The lowest BCUT2D eigenvalue weighted by Crippen LogP contribution is -1.75. The van der Waals surface area contributed by atoms with Gasteiger partial charge in [-0.3, -0.25) is 9.79 Å². The molecule has 2 N–H and O–H groups in total. The van der Waals surface area contributed by atoms with Crippen LogP contribution in [-0.2, 0) is 9.09 Å². The van der Waals surface area contributed by atoms with E-state index in [1.54, 1.807) is 0 Å². The first-order chi connectivity index (χ1) is 3.56. The quantitative estimate of drug-likeness (QED) is 0.461. The van der Waals surface area contributed by atoms with Crippen molar-refractivity contribution in [1.82, 2.24) is 0 Å². The molecule has 6 heteroatoms. The van der Waals surface area contributed by atoms with Crippen molar-refractivity contribution < 1.29 is 18.9 Å². The molecule has 8 heavy (non-hydrogen) atoms. The van der Waals surface area contributed by atoms with Crippen molar-refractivity contribution >= 4 is 19.4 Å². The average Bonchev–Trinajstić information content (AvgIpc) is 1.59. The molecule has 0 aromatic carbocycles. The van der Waals surface area contributed by atoms with Crippen LogP contribution in [0.15, 0.2) is 11.8 Å². The second-order valence-electron chi connectivity index (χ2n) is 0.858. The van der Waals surface area contributed by atoms with Gasteiger partial charge in [-0.1, -0.05) is 11.6 Å². The van der Waals surface area contributed by atoms with E-state index in [-0.39, 0.29) is 0 Å². The van der Waals surface area contributed by atoms with E-state index in [1.165, 1.54) is 0 Å². The highest BCUT2D eigenvalue weighted by molar-refractivity contribution is 7.46. The van der Waals surface area contributed by atoms with Crippen LogP contribution in [0.3, 0.4) is 0 Å². The van der Waals surface area contributed by atoms with Gasteiger partial charge in [0.1, 0.15) is 6.26 Å². The monoisotopic (exact) mass is 158 g/mol. The Hall–Kier alpha value is -0.0200. The summed E-state index contributed by atoms with van der Waals surface area (Å²) in [6.07, 6.45) is 0.711. The van der Waals surface area contributed by atoms with Crippen LogP contribution in [0, 0.1) is 0 Å². The first-order valence-corrected chi connectivity index (χ1v) is 3.52. The molecule has 48 valence electrons. The second kappa shape index (κ2) is 3.10. The van der Waals surface area contributed by atoms with Gasteiger partial charge in [0.25, 0.3) is 0 Å². The van der Waals surface area contributed by atoms with E-state index < -0.39 is 7.82 Å². The van der Waals surface area contributed by atoms with Gasteiger partial charge < -0.3 is 4.52 Å². The molecule has 0 saturated carbocycles. The maximum absolute atomic E-state index is 9.75. The van der Waals surface area contributed by atoms with Crippen LogP contribution in [-0.4, -0.2) is 9.79 Å². The summed E-state index contributed by atoms with van der Waals surface area (Å²) in [6.45, 7) is 0. The normalized spacial score (nSPS) is 12.4. The van der Waals surface area contributed by atoms with E-state index in [0.717, 1.165) is 5.54 Å². The van der Waals surface area contributed by atoms with Gasteiger partial charge >= 0.3 is 7.82 Å². The van der Waals surface area contributed by atoms with Crippen molar-refractivity contribution in [2.75, 3.05) is 0 Å². The molecule has 0 atom stereocenters. The Morgan fingerprint density at radius 3 is 2.25 bits per heavy atom. The van der Waals surface area contributed by atoms with Gasteiger partial charge in [-0.25, -0.2) is 4.57 Å². The molecule has 0 spiro atoms. The number of phosphoric ester groups is 1. The molecule has 0 rings (SSSR count). The number of phosphoric acid groups is 1. The molecule has 0 unspecified atom stereocenters. The minimum atomic E-state index is -4.35. The molecule has 0 amide bonds. The molecule has 4 nitrogen and oxygen atoms in total. The standard InChI is InChI=1S/C2H4ClO4P/c3-1-2-7-8(4,5)6/h1-2H,(H2,4,5,6). The van der Waals surface area contributed by atoms with Crippen LogP contribution in [0.5, 0.6) is 0 Å². The number of hydrogen-bond donors (Lipinski definition) is 2. The third-order valence-corrected chi connectivity index (χ3v) is 0.749. The first kappa shape index (κ1) is 7.98. The van der Waals surface area contributed by atoms with E-state index in [4.69, 9.17) is 21.4 Å². The van der Waals surface area contributed by atoms with Gasteiger partial charge in [0.2, 0.25) is 0 Å². The van der Waals surface area contributed by atoms with Gasteiger partial charge in [-0.2, -0.15) is 0 Å². The van der Waals surface area contributed by atoms with Crippen LogP contribution in [0.1, 0.15) is 0 Å². The molecule has 0 fully saturated rings. The molecule has 0 bridgehead atoms. The van der Waals surface area contributed by atoms with E-state index in [1.807, 2.05) is 0 Å². The van der Waals surface area contributed by atoms with E-state index in [9.17, 15) is 4.57 Å². The first-order valence-electron chi connectivity index (χ1n) is 1.55. The molecule has 0 aromatic heterocycles. The maximum atomic E-state index is 9.75. The molecule has 0 aliphatic carbocycles. The molecular formula is C2H4ClO4P. The largest absolute Gasteiger partial charge is 0.524 e. The summed E-state index contributed by atoms with van der Waals surface area (Å²) in [5.41, 5.74) is 0.860. The van der Waals surface area contributed by atoms with E-state index in [0.29, 0.717) is 6.26 Å². The van der Waals surface area contributed by atoms with Gasteiger partial charge in [-0.05, 0) is 0 Å². The summed E-state index contributed by atoms with van der Waals surface area (Å²) in [5, 5.41) is 0. The van der Waals surface area contributed by atoms with Crippen molar-refractivity contribution in [3.8, 4) is 0 Å².